The van der Waals surface area contributed by atoms with Crippen LogP contribution in [0.5, 0.6) is 5.75 Å². The summed E-state index contributed by atoms with van der Waals surface area (Å²) in [5.41, 5.74) is 0.439. The van der Waals surface area contributed by atoms with Gasteiger partial charge in [0.1, 0.15) is 5.75 Å². The molecule has 1 amide bonds. The highest BCUT2D eigenvalue weighted by molar-refractivity contribution is 8.01. The van der Waals surface area contributed by atoms with E-state index in [-0.39, 0.29) is 5.91 Å². The molecule has 2 rings (SSSR count). The smallest absolute Gasteiger partial charge is 0.257 e. The zero-order valence-corrected chi connectivity index (χ0v) is 14.1. The lowest BCUT2D eigenvalue weighted by atomic mass is 10.2. The Hall–Kier alpha value is -1.31. The van der Waals surface area contributed by atoms with E-state index in [1.807, 2.05) is 0 Å². The fourth-order valence-electron chi connectivity index (χ4n) is 1.49. The van der Waals surface area contributed by atoms with Crippen LogP contribution in [0.1, 0.15) is 24.2 Å². The molecule has 0 aliphatic heterocycles. The van der Waals surface area contributed by atoms with Gasteiger partial charge < -0.3 is 4.74 Å². The molecule has 1 N–H and O–H groups in total. The zero-order chi connectivity index (χ0) is 15.4. The molecule has 0 aliphatic carbocycles. The average Bonchev–Trinajstić information content (AvgIpc) is 2.84. The number of amides is 1. The summed E-state index contributed by atoms with van der Waals surface area (Å²) in [6.45, 7) is 4.15. The lowest BCUT2D eigenvalue weighted by Crippen LogP contribution is -2.11. The van der Waals surface area contributed by atoms with E-state index in [0.29, 0.717) is 26.7 Å². The van der Waals surface area contributed by atoms with Crippen molar-refractivity contribution in [3.8, 4) is 5.75 Å². The Labute approximate surface area is 136 Å². The first-order chi connectivity index (χ1) is 9.99. The molecule has 112 valence electrons. The third-order valence-electron chi connectivity index (χ3n) is 2.38. The second kappa shape index (κ2) is 7.11. The van der Waals surface area contributed by atoms with Crippen molar-refractivity contribution in [2.24, 2.45) is 0 Å². The summed E-state index contributed by atoms with van der Waals surface area (Å²) in [6, 6.07) is 4.85. The second-order valence-corrected chi connectivity index (χ2v) is 7.55. The number of carbonyl (C=O) groups is 1. The van der Waals surface area contributed by atoms with Crippen molar-refractivity contribution in [2.75, 3.05) is 12.4 Å². The topological polar surface area (TPSA) is 64.1 Å². The van der Waals surface area contributed by atoms with Crippen molar-refractivity contribution < 1.29 is 9.53 Å². The quantitative estimate of drug-likeness (QED) is 0.657. The Morgan fingerprint density at radius 3 is 2.81 bits per heavy atom. The van der Waals surface area contributed by atoms with Gasteiger partial charge in [-0.3, -0.25) is 10.1 Å². The van der Waals surface area contributed by atoms with E-state index in [1.165, 1.54) is 18.4 Å². The number of methoxy groups -OCH3 is 1. The van der Waals surface area contributed by atoms with Gasteiger partial charge in [0.15, 0.2) is 4.34 Å². The highest BCUT2D eigenvalue weighted by atomic mass is 35.5. The molecule has 0 fully saturated rings. The van der Waals surface area contributed by atoms with Crippen molar-refractivity contribution >= 4 is 45.7 Å². The predicted octanol–water partition coefficient (Wildman–Crippen LogP) is 3.95. The zero-order valence-electron chi connectivity index (χ0n) is 11.7. The summed E-state index contributed by atoms with van der Waals surface area (Å²) in [4.78, 5) is 12.1. The summed E-state index contributed by atoms with van der Waals surface area (Å²) in [6.07, 6.45) is 0. The number of hydrogen-bond donors (Lipinski definition) is 1. The Bertz CT molecular complexity index is 646. The molecule has 0 saturated heterocycles. The van der Waals surface area contributed by atoms with Crippen molar-refractivity contribution in [2.45, 2.75) is 23.4 Å². The van der Waals surface area contributed by atoms with Crippen LogP contribution < -0.4 is 10.1 Å². The number of halogens is 1. The van der Waals surface area contributed by atoms with Crippen LogP contribution in [0.15, 0.2) is 22.5 Å². The van der Waals surface area contributed by atoms with Gasteiger partial charge in [-0.2, -0.15) is 0 Å². The number of nitrogens with one attached hydrogen (secondary N) is 1. The van der Waals surface area contributed by atoms with Crippen LogP contribution in [0.2, 0.25) is 5.02 Å². The maximum Gasteiger partial charge on any atom is 0.257 e. The van der Waals surface area contributed by atoms with Crippen LogP contribution in [0.4, 0.5) is 5.13 Å². The third-order valence-corrected chi connectivity index (χ3v) is 4.60. The molecule has 1 heterocycles. The Morgan fingerprint density at radius 2 is 2.19 bits per heavy atom. The first kappa shape index (κ1) is 16.1. The highest BCUT2D eigenvalue weighted by Crippen LogP contribution is 2.29. The van der Waals surface area contributed by atoms with Gasteiger partial charge in [-0.25, -0.2) is 0 Å². The maximum atomic E-state index is 12.1. The van der Waals surface area contributed by atoms with Gasteiger partial charge in [-0.05, 0) is 18.2 Å². The predicted molar refractivity (Wildman–Crippen MR) is 86.9 cm³/mol. The van der Waals surface area contributed by atoms with Gasteiger partial charge in [0.25, 0.3) is 5.91 Å². The van der Waals surface area contributed by atoms with Crippen LogP contribution >= 0.6 is 34.7 Å². The molecule has 0 unspecified atom stereocenters. The standard InChI is InChI=1S/C13H14ClN3O2S2/c1-7(2)20-13-17-16-12(21-13)15-11(18)8-4-5-10(19-3)9(14)6-8/h4-7H,1-3H3,(H,15,16,18). The van der Waals surface area contributed by atoms with Crippen LogP contribution in [0, 0.1) is 0 Å². The second-order valence-electron chi connectivity index (χ2n) is 4.34. The molecule has 0 spiro atoms. The SMILES string of the molecule is COc1ccc(C(=O)Nc2nnc(SC(C)C)s2)cc1Cl. The third kappa shape index (κ3) is 4.33. The van der Waals surface area contributed by atoms with E-state index in [9.17, 15) is 4.79 Å². The van der Waals surface area contributed by atoms with E-state index >= 15 is 0 Å². The summed E-state index contributed by atoms with van der Waals surface area (Å²) in [5, 5.41) is 12.0. The van der Waals surface area contributed by atoms with Crippen molar-refractivity contribution in [1.82, 2.24) is 10.2 Å². The molecular weight excluding hydrogens is 330 g/mol. The number of aromatic nitrogens is 2. The van der Waals surface area contributed by atoms with Crippen molar-refractivity contribution in [1.29, 1.82) is 0 Å². The molecule has 0 saturated carbocycles. The molecular formula is C13H14ClN3O2S2. The van der Waals surface area contributed by atoms with Gasteiger partial charge in [-0.1, -0.05) is 48.5 Å². The van der Waals surface area contributed by atoms with E-state index in [4.69, 9.17) is 16.3 Å². The van der Waals surface area contributed by atoms with E-state index < -0.39 is 0 Å². The van der Waals surface area contributed by atoms with Crippen molar-refractivity contribution in [3.05, 3.63) is 28.8 Å². The minimum atomic E-state index is -0.281. The van der Waals surface area contributed by atoms with E-state index in [1.54, 1.807) is 30.0 Å². The lowest BCUT2D eigenvalue weighted by molar-refractivity contribution is 0.102. The van der Waals surface area contributed by atoms with Gasteiger partial charge in [0.05, 0.1) is 12.1 Å². The Morgan fingerprint density at radius 1 is 1.43 bits per heavy atom. The van der Waals surface area contributed by atoms with Gasteiger partial charge >= 0.3 is 0 Å². The van der Waals surface area contributed by atoms with Gasteiger partial charge in [0, 0.05) is 10.8 Å². The average molecular weight is 344 g/mol. The summed E-state index contributed by atoms with van der Waals surface area (Å²) in [7, 11) is 1.52. The molecule has 0 atom stereocenters. The number of nitrogens with zero attached hydrogens (tertiary/aromatic N) is 2. The van der Waals surface area contributed by atoms with E-state index in [2.05, 4.69) is 29.4 Å². The number of hydrogen-bond acceptors (Lipinski definition) is 6. The number of ether oxygens (including phenoxy) is 1. The minimum absolute atomic E-state index is 0.281. The van der Waals surface area contributed by atoms with Crippen LogP contribution in [-0.4, -0.2) is 28.5 Å². The number of rotatable bonds is 5. The van der Waals surface area contributed by atoms with Crippen LogP contribution in [0.25, 0.3) is 0 Å². The minimum Gasteiger partial charge on any atom is -0.495 e. The van der Waals surface area contributed by atoms with Crippen LogP contribution in [-0.2, 0) is 0 Å². The molecule has 1 aromatic heterocycles. The molecule has 21 heavy (non-hydrogen) atoms. The van der Waals surface area contributed by atoms with Gasteiger partial charge in [0.2, 0.25) is 5.13 Å². The fourth-order valence-corrected chi connectivity index (χ4v) is 3.71. The first-order valence-corrected chi connectivity index (χ1v) is 8.22. The maximum absolute atomic E-state index is 12.1. The van der Waals surface area contributed by atoms with Crippen LogP contribution in [0.3, 0.4) is 0 Å². The largest absolute Gasteiger partial charge is 0.495 e. The molecule has 8 heteroatoms. The highest BCUT2D eigenvalue weighted by Gasteiger charge is 2.13. The molecule has 0 radical (unpaired) electrons. The molecule has 2 aromatic rings. The molecule has 0 bridgehead atoms. The normalized spacial score (nSPS) is 10.7. The summed E-state index contributed by atoms with van der Waals surface area (Å²) in [5.74, 6) is 0.247. The lowest BCUT2D eigenvalue weighted by Gasteiger charge is -2.05. The first-order valence-electron chi connectivity index (χ1n) is 6.14. The summed E-state index contributed by atoms with van der Waals surface area (Å²) < 4.78 is 5.88. The number of anilines is 1. The Kier molecular flexibility index (Phi) is 5.44. The number of benzene rings is 1. The van der Waals surface area contributed by atoms with Gasteiger partial charge in [-0.15, -0.1) is 10.2 Å². The number of carbonyl (C=O) groups excluding carboxylic acids is 1. The molecule has 5 nitrogen and oxygen atoms in total. The fraction of sp³-hybridized carbons (Fsp3) is 0.308. The molecule has 1 aromatic carbocycles. The van der Waals surface area contributed by atoms with Crippen molar-refractivity contribution in [3.63, 3.8) is 0 Å². The molecule has 0 aliphatic rings. The number of thioether (sulfide) groups is 1. The monoisotopic (exact) mass is 343 g/mol. The summed E-state index contributed by atoms with van der Waals surface area (Å²) >= 11 is 8.96. The van der Waals surface area contributed by atoms with E-state index in [0.717, 1.165) is 4.34 Å². The Balaban J connectivity index is 2.07.